The van der Waals surface area contributed by atoms with Gasteiger partial charge in [-0.25, -0.2) is 9.97 Å². The first-order valence-electron chi connectivity index (χ1n) is 43.2. The van der Waals surface area contributed by atoms with Crippen molar-refractivity contribution in [3.63, 3.8) is 0 Å². The summed E-state index contributed by atoms with van der Waals surface area (Å²) in [7, 11) is 0. The Morgan fingerprint density at radius 1 is 0.254 bits per heavy atom. The van der Waals surface area contributed by atoms with E-state index in [1.165, 1.54) is 4.70 Å². The lowest BCUT2D eigenvalue weighted by Gasteiger charge is -2.28. The van der Waals surface area contributed by atoms with Gasteiger partial charge in [-0.2, -0.15) is 9.90 Å². The lowest BCUT2D eigenvalue weighted by molar-refractivity contribution is 0.766. The highest BCUT2D eigenvalue weighted by Gasteiger charge is 2.24. The van der Waals surface area contributed by atoms with Crippen LogP contribution in [0, 0.1) is 5.41 Å². The molecule has 616 valence electrons. The lowest BCUT2D eigenvalue weighted by Crippen LogP contribution is -2.22. The van der Waals surface area contributed by atoms with Gasteiger partial charge >= 0.3 is 0 Å². The quantitative estimate of drug-likeness (QED) is 0.0477. The fourth-order valence-electron chi connectivity index (χ4n) is 17.1. The van der Waals surface area contributed by atoms with Crippen molar-refractivity contribution in [1.82, 2.24) is 25.0 Å². The maximum absolute atomic E-state index is 8.73. The van der Waals surface area contributed by atoms with Crippen molar-refractivity contribution in [2.24, 2.45) is 5.10 Å². The number of fused-ring (bicyclic) bond motifs is 3. The number of rotatable bonds is 23. The van der Waals surface area contributed by atoms with Gasteiger partial charge in [0.2, 0.25) is 0 Å². The molecule has 2 N–H and O–H groups in total. The summed E-state index contributed by atoms with van der Waals surface area (Å²) >= 11 is 3.43. The van der Waals surface area contributed by atoms with Crippen LogP contribution in [0.1, 0.15) is 0 Å². The predicted molar refractivity (Wildman–Crippen MR) is 544 cm³/mol. The number of nitrogens with zero attached hydrogens (tertiary/aromatic N) is 10. The summed E-state index contributed by atoms with van der Waals surface area (Å²) in [5.41, 5.74) is 36.7. The molecule has 0 amide bonds. The van der Waals surface area contributed by atoms with Gasteiger partial charge in [-0.15, -0.1) is 32.9 Å². The molecule has 0 spiro atoms. The number of hydrogen-bond acceptors (Lipinski definition) is 13. The number of allylic oxidation sites excluding steroid dienone is 3. The minimum absolute atomic E-state index is 0.327. The summed E-state index contributed by atoms with van der Waals surface area (Å²) in [6.45, 7) is 0. The van der Waals surface area contributed by atoms with Gasteiger partial charge in [0.25, 0.3) is 0 Å². The third kappa shape index (κ3) is 16.3. The third-order valence-electron chi connectivity index (χ3n) is 23.6. The van der Waals surface area contributed by atoms with E-state index < -0.39 is 0 Å². The highest BCUT2D eigenvalue weighted by atomic mass is 32.1. The number of para-hydroxylation sites is 7. The molecule has 0 unspecified atom stereocenters. The monoisotopic (exact) mass is 1700 g/mol. The molecule has 0 saturated heterocycles. The van der Waals surface area contributed by atoms with Crippen LogP contribution in [0.25, 0.3) is 125 Å². The van der Waals surface area contributed by atoms with Gasteiger partial charge in [-0.1, -0.05) is 255 Å². The van der Waals surface area contributed by atoms with E-state index in [2.05, 4.69) is 424 Å². The van der Waals surface area contributed by atoms with Gasteiger partial charge in [-0.05, 0) is 285 Å². The Morgan fingerprint density at radius 2 is 0.623 bits per heavy atom. The van der Waals surface area contributed by atoms with Crippen LogP contribution >= 0.6 is 22.7 Å². The summed E-state index contributed by atoms with van der Waals surface area (Å²) in [5, 5.41) is 25.8. The Balaban J connectivity index is 0.521. The Kier molecular flexibility index (Phi) is 21.3. The van der Waals surface area contributed by atoms with Crippen LogP contribution in [-0.4, -0.2) is 36.4 Å². The molecule has 0 bridgehead atoms. The highest BCUT2D eigenvalue weighted by Crippen LogP contribution is 2.46. The van der Waals surface area contributed by atoms with Gasteiger partial charge < -0.3 is 19.6 Å². The largest absolute Gasteiger partial charge is 0.311 e. The van der Waals surface area contributed by atoms with Crippen molar-refractivity contribution in [3.05, 3.63) is 479 Å². The number of aromatic nitrogens is 5. The minimum atomic E-state index is 0.327. The summed E-state index contributed by atoms with van der Waals surface area (Å²) in [4.78, 5) is 20.9. The van der Waals surface area contributed by atoms with Crippen molar-refractivity contribution in [2.75, 3.05) is 25.0 Å². The number of anilines is 12. The Bertz CT molecular complexity index is 7710. The second-order valence-corrected chi connectivity index (χ2v) is 33.9. The van der Waals surface area contributed by atoms with E-state index >= 15 is 0 Å². The maximum Gasteiger partial charge on any atom is 0.124 e. The number of hydrazone groups is 1. The number of hydrogen-bond donors (Lipinski definition) is 2. The second-order valence-electron chi connectivity index (χ2n) is 31.9. The number of benzene rings is 18. The van der Waals surface area contributed by atoms with E-state index in [9.17, 15) is 0 Å². The molecule has 3 heterocycles. The standard InChI is InChI=1S/C116H80N12S2/c117-107-72-69-102(77-111(107)121-120-91-25-6-1-7-26-91)126(94-31-12-4-13-32-94)100-63-50-83(51-64-100)87-22-20-23-88(74-87)84-52-65-101(66-53-84)127(95-33-14-5-15-34-95)103-70-73-108-112(78-103)123-128(122-108)104-35-21-24-89(75-104)106-76-90(116-119-110-37-17-19-39-114(110)130-116)56-71-105(106)85-54-67-99(68-55-85)125(93-29-10-3-11-30-93)98-61-48-82(49-62-98)81-46-59-97(60-47-81)124(92-27-8-2-9-28-92)96-57-44-80(45-58-96)79-40-42-86(43-41-79)115-118-109-36-16-18-38-113(109)129-115/h1-78,117,120H/b117-107?,121-111-. The topological polar surface area (TPSA) is 118 Å². The molecular formula is C116H80N12S2. The van der Waals surface area contributed by atoms with Crippen LogP contribution < -0.4 is 25.0 Å². The molecule has 130 heavy (non-hydrogen) atoms. The van der Waals surface area contributed by atoms with Crippen LogP contribution in [-0.2, 0) is 0 Å². The first kappa shape index (κ1) is 78.9. The van der Waals surface area contributed by atoms with Crippen LogP contribution in [0.4, 0.5) is 68.2 Å². The smallest absolute Gasteiger partial charge is 0.124 e. The average molecular weight is 1710 g/mol. The van der Waals surface area contributed by atoms with Gasteiger partial charge in [-0.3, -0.25) is 10.8 Å². The molecule has 0 saturated carbocycles. The molecule has 0 atom stereocenters. The van der Waals surface area contributed by atoms with Crippen LogP contribution in [0.5, 0.6) is 0 Å². The zero-order chi connectivity index (χ0) is 86.6. The molecule has 18 aromatic carbocycles. The van der Waals surface area contributed by atoms with Crippen molar-refractivity contribution in [2.45, 2.75) is 0 Å². The molecule has 1 aliphatic rings. The predicted octanol–water partition coefficient (Wildman–Crippen LogP) is 31.5. The van der Waals surface area contributed by atoms with E-state index in [0.29, 0.717) is 11.4 Å². The van der Waals surface area contributed by atoms with Crippen LogP contribution in [0.15, 0.2) is 484 Å². The fraction of sp³-hybridized carbons (Fsp3) is 0. The molecule has 0 aliphatic heterocycles. The first-order chi connectivity index (χ1) is 64.3. The van der Waals surface area contributed by atoms with Crippen molar-refractivity contribution < 1.29 is 0 Å². The van der Waals surface area contributed by atoms with E-state index in [4.69, 9.17) is 25.6 Å². The SMILES string of the molecule is N=C1C=CC(N(c2ccccc2)c2ccc(-c3cccc(-c4ccc(N(c5ccccc5)c5ccc6nn(-c7cccc(-c8cc(-c9nc%10ccccc%10s9)ccc8-c8ccc(N(c9ccccc9)c9ccc(-c%10ccc(N(c%11ccccc%11)c%11ccc(-c%12ccc(-c%13nc%14ccccc%14s%13)cc%12)cc%11)cc%10)cc9)cc8)c7)nc6c5)cc4)c3)cc2)=C/C1=N/Nc1ccccc1. The van der Waals surface area contributed by atoms with Crippen LogP contribution in [0.2, 0.25) is 0 Å². The van der Waals surface area contributed by atoms with E-state index in [1.807, 2.05) is 72.8 Å². The molecule has 12 nitrogen and oxygen atoms in total. The van der Waals surface area contributed by atoms with E-state index in [0.717, 1.165) is 194 Å². The molecule has 0 radical (unpaired) electrons. The summed E-state index contributed by atoms with van der Waals surface area (Å²) in [6.07, 6.45) is 5.73. The van der Waals surface area contributed by atoms with Crippen molar-refractivity contribution in [3.8, 4) is 93.6 Å². The van der Waals surface area contributed by atoms with E-state index in [-0.39, 0.29) is 0 Å². The molecule has 1 aliphatic carbocycles. The Morgan fingerprint density at radius 3 is 1.12 bits per heavy atom. The first-order valence-corrected chi connectivity index (χ1v) is 44.9. The minimum Gasteiger partial charge on any atom is -0.311 e. The zero-order valence-electron chi connectivity index (χ0n) is 70.3. The van der Waals surface area contributed by atoms with Crippen molar-refractivity contribution >= 4 is 134 Å². The summed E-state index contributed by atoms with van der Waals surface area (Å²) in [6, 6.07) is 161. The van der Waals surface area contributed by atoms with Gasteiger partial charge in [0.05, 0.1) is 37.5 Å². The molecule has 14 heteroatoms. The Hall–Kier alpha value is -17.0. The number of nitrogens with one attached hydrogen (secondary N) is 2. The highest BCUT2D eigenvalue weighted by molar-refractivity contribution is 7.22. The average Bonchev–Trinajstić information content (AvgIpc) is 1.48. The third-order valence-corrected chi connectivity index (χ3v) is 25.8. The fourth-order valence-corrected chi connectivity index (χ4v) is 19.0. The normalized spacial score (nSPS) is 12.2. The zero-order valence-corrected chi connectivity index (χ0v) is 72.0. The molecule has 3 aromatic heterocycles. The van der Waals surface area contributed by atoms with E-state index in [1.54, 1.807) is 33.5 Å². The lowest BCUT2D eigenvalue weighted by atomic mass is 9.92. The maximum atomic E-state index is 8.73. The van der Waals surface area contributed by atoms with Crippen LogP contribution in [0.3, 0.4) is 0 Å². The number of thiazole rings is 2. The van der Waals surface area contributed by atoms with Gasteiger partial charge in [0.15, 0.2) is 0 Å². The van der Waals surface area contributed by atoms with Gasteiger partial charge in [0, 0.05) is 79.4 Å². The summed E-state index contributed by atoms with van der Waals surface area (Å²) in [5.74, 6) is 0. The Labute approximate surface area is 761 Å². The molecule has 22 rings (SSSR count). The second kappa shape index (κ2) is 35.2. The van der Waals surface area contributed by atoms with Gasteiger partial charge in [0.1, 0.15) is 26.8 Å². The molecular weight excluding hydrogens is 1630 g/mol. The molecule has 21 aromatic rings. The summed E-state index contributed by atoms with van der Waals surface area (Å²) < 4.78 is 2.34. The van der Waals surface area contributed by atoms with Crippen molar-refractivity contribution in [1.29, 1.82) is 5.41 Å². The molecule has 0 fully saturated rings.